The molecule has 0 bridgehead atoms. The molecule has 1 saturated carbocycles. The summed E-state index contributed by atoms with van der Waals surface area (Å²) in [6.45, 7) is 2.72. The molecule has 13 heavy (non-hydrogen) atoms. The van der Waals surface area contributed by atoms with Gasteiger partial charge in [0.2, 0.25) is 0 Å². The van der Waals surface area contributed by atoms with Gasteiger partial charge in [-0.25, -0.2) is 0 Å². The van der Waals surface area contributed by atoms with Gasteiger partial charge >= 0.3 is 0 Å². The maximum absolute atomic E-state index is 2.62. The molecule has 2 heteroatoms. The lowest BCUT2D eigenvalue weighted by molar-refractivity contribution is 0.398. The Morgan fingerprint density at radius 2 is 1.62 bits per heavy atom. The highest BCUT2D eigenvalue weighted by Crippen LogP contribution is 2.29. The molecule has 1 aliphatic heterocycles. The van der Waals surface area contributed by atoms with Crippen LogP contribution < -0.4 is 0 Å². The first kappa shape index (κ1) is 9.85. The summed E-state index contributed by atoms with van der Waals surface area (Å²) in [6, 6.07) is 0. The zero-order chi connectivity index (χ0) is 8.93. The summed E-state index contributed by atoms with van der Waals surface area (Å²) >= 11 is 2.22. The van der Waals surface area contributed by atoms with Gasteiger partial charge in [-0.3, -0.25) is 4.90 Å². The van der Waals surface area contributed by atoms with E-state index in [-0.39, 0.29) is 0 Å². The molecule has 0 aromatic carbocycles. The van der Waals surface area contributed by atoms with E-state index >= 15 is 0 Å². The van der Waals surface area contributed by atoms with E-state index in [9.17, 15) is 0 Å². The highest BCUT2D eigenvalue weighted by molar-refractivity contribution is 7.99. The Hall–Kier alpha value is 0.310. The second kappa shape index (κ2) is 5.26. The highest BCUT2D eigenvalue weighted by atomic mass is 32.2. The largest absolute Gasteiger partial charge is 0.294 e. The van der Waals surface area contributed by atoms with E-state index < -0.39 is 0 Å². The molecule has 1 nitrogen and oxygen atoms in total. The van der Waals surface area contributed by atoms with Crippen LogP contribution in [0.1, 0.15) is 44.9 Å². The predicted molar refractivity (Wildman–Crippen MR) is 60.1 cm³/mol. The zero-order valence-electron chi connectivity index (χ0n) is 8.50. The van der Waals surface area contributed by atoms with Crippen LogP contribution in [0.15, 0.2) is 0 Å². The van der Waals surface area contributed by atoms with Crippen LogP contribution in [-0.4, -0.2) is 29.1 Å². The van der Waals surface area contributed by atoms with Crippen LogP contribution in [-0.2, 0) is 0 Å². The van der Waals surface area contributed by atoms with Crippen molar-refractivity contribution in [3.05, 3.63) is 0 Å². The van der Waals surface area contributed by atoms with Crippen molar-refractivity contribution in [2.24, 2.45) is 0 Å². The van der Waals surface area contributed by atoms with Crippen LogP contribution in [0.5, 0.6) is 0 Å². The molecule has 0 atom stereocenters. The summed E-state index contributed by atoms with van der Waals surface area (Å²) in [5, 5.41) is 0.995. The van der Waals surface area contributed by atoms with Crippen LogP contribution in [0, 0.1) is 0 Å². The van der Waals surface area contributed by atoms with E-state index in [0.717, 1.165) is 5.25 Å². The molecular weight excluding hydrogens is 178 g/mol. The normalized spacial score (nSPS) is 26.8. The maximum atomic E-state index is 2.62. The fourth-order valence-corrected chi connectivity index (χ4v) is 3.70. The molecule has 1 saturated heterocycles. The van der Waals surface area contributed by atoms with Gasteiger partial charge in [-0.2, -0.15) is 0 Å². The third-order valence-corrected chi connectivity index (χ3v) is 4.70. The quantitative estimate of drug-likeness (QED) is 0.687. The highest BCUT2D eigenvalue weighted by Gasteiger charge is 2.16. The first-order valence-corrected chi connectivity index (χ1v) is 6.84. The topological polar surface area (TPSA) is 3.24 Å². The van der Waals surface area contributed by atoms with Crippen molar-refractivity contribution in [1.82, 2.24) is 4.90 Å². The predicted octanol–water partition coefficient (Wildman–Crippen LogP) is 3.11. The van der Waals surface area contributed by atoms with Crippen molar-refractivity contribution in [1.29, 1.82) is 0 Å². The van der Waals surface area contributed by atoms with Crippen molar-refractivity contribution in [2.75, 3.05) is 19.0 Å². The van der Waals surface area contributed by atoms with Gasteiger partial charge in [0.25, 0.3) is 0 Å². The van der Waals surface area contributed by atoms with Crippen LogP contribution >= 0.6 is 11.8 Å². The minimum Gasteiger partial charge on any atom is -0.294 e. The lowest BCUT2D eigenvalue weighted by atomic mass is 10.0. The molecule has 1 heterocycles. The summed E-state index contributed by atoms with van der Waals surface area (Å²) in [4.78, 5) is 2.62. The molecule has 0 aromatic heterocycles. The summed E-state index contributed by atoms with van der Waals surface area (Å²) in [7, 11) is 0. The zero-order valence-corrected chi connectivity index (χ0v) is 9.32. The SMILES string of the molecule is C1CCC(SCN2CCCC2)CC1. The summed E-state index contributed by atoms with van der Waals surface area (Å²) in [5.41, 5.74) is 0. The molecule has 0 unspecified atom stereocenters. The molecule has 0 amide bonds. The van der Waals surface area contributed by atoms with Crippen molar-refractivity contribution in [3.63, 3.8) is 0 Å². The molecule has 2 rings (SSSR count). The van der Waals surface area contributed by atoms with Gasteiger partial charge in [0.05, 0.1) is 0 Å². The lowest BCUT2D eigenvalue weighted by Gasteiger charge is -2.23. The molecule has 0 radical (unpaired) electrons. The van der Waals surface area contributed by atoms with Gasteiger partial charge < -0.3 is 0 Å². The Balaban J connectivity index is 1.60. The van der Waals surface area contributed by atoms with Gasteiger partial charge in [-0.15, -0.1) is 11.8 Å². The average Bonchev–Trinajstić information content (AvgIpc) is 2.69. The van der Waals surface area contributed by atoms with E-state index in [1.807, 2.05) is 0 Å². The van der Waals surface area contributed by atoms with Crippen LogP contribution in [0.25, 0.3) is 0 Å². The molecule has 2 fully saturated rings. The third kappa shape index (κ3) is 3.17. The average molecular weight is 199 g/mol. The Morgan fingerprint density at radius 3 is 2.31 bits per heavy atom. The fourth-order valence-electron chi connectivity index (χ4n) is 2.35. The second-order valence-corrected chi connectivity index (χ2v) is 5.64. The molecule has 76 valence electrons. The van der Waals surface area contributed by atoms with Gasteiger partial charge in [-0.1, -0.05) is 19.3 Å². The first-order chi connectivity index (χ1) is 6.45. The number of hydrogen-bond donors (Lipinski definition) is 0. The number of hydrogen-bond acceptors (Lipinski definition) is 2. The van der Waals surface area contributed by atoms with Crippen molar-refractivity contribution >= 4 is 11.8 Å². The van der Waals surface area contributed by atoms with Crippen molar-refractivity contribution in [2.45, 2.75) is 50.2 Å². The standard InChI is InChI=1S/C11H21NS/c1-2-6-11(7-3-1)13-10-12-8-4-5-9-12/h11H,1-10H2. The number of thioether (sulfide) groups is 1. The number of nitrogens with zero attached hydrogens (tertiary/aromatic N) is 1. The maximum Gasteiger partial charge on any atom is 0.0447 e. The van der Waals surface area contributed by atoms with Crippen LogP contribution in [0.2, 0.25) is 0 Å². The van der Waals surface area contributed by atoms with E-state index in [1.165, 1.54) is 63.9 Å². The summed E-state index contributed by atoms with van der Waals surface area (Å²) in [6.07, 6.45) is 10.3. The van der Waals surface area contributed by atoms with Gasteiger partial charge in [0, 0.05) is 11.1 Å². The van der Waals surface area contributed by atoms with Crippen LogP contribution in [0.3, 0.4) is 0 Å². The third-order valence-electron chi connectivity index (χ3n) is 3.24. The smallest absolute Gasteiger partial charge is 0.0447 e. The molecule has 0 N–H and O–H groups in total. The number of rotatable bonds is 3. The van der Waals surface area contributed by atoms with Gasteiger partial charge in [-0.05, 0) is 38.8 Å². The minimum atomic E-state index is 0.995. The van der Waals surface area contributed by atoms with E-state index in [2.05, 4.69) is 16.7 Å². The Kier molecular flexibility index (Phi) is 3.98. The van der Waals surface area contributed by atoms with E-state index in [0.29, 0.717) is 0 Å². The Labute approximate surface area is 86.3 Å². The van der Waals surface area contributed by atoms with Crippen LogP contribution in [0.4, 0.5) is 0 Å². The molecule has 2 aliphatic rings. The monoisotopic (exact) mass is 199 g/mol. The van der Waals surface area contributed by atoms with E-state index in [4.69, 9.17) is 0 Å². The lowest BCUT2D eigenvalue weighted by Crippen LogP contribution is -2.21. The molecule has 0 spiro atoms. The summed E-state index contributed by atoms with van der Waals surface area (Å²) < 4.78 is 0. The molecular formula is C11H21NS. The Bertz CT molecular complexity index is 137. The van der Waals surface area contributed by atoms with Crippen molar-refractivity contribution < 1.29 is 0 Å². The number of likely N-dealkylation sites (tertiary alicyclic amines) is 1. The minimum absolute atomic E-state index is 0.995. The van der Waals surface area contributed by atoms with Gasteiger partial charge in [0.15, 0.2) is 0 Å². The van der Waals surface area contributed by atoms with Gasteiger partial charge in [0.1, 0.15) is 0 Å². The molecule has 1 aliphatic carbocycles. The molecule has 0 aromatic rings. The second-order valence-electron chi connectivity index (χ2n) is 4.38. The van der Waals surface area contributed by atoms with E-state index in [1.54, 1.807) is 0 Å². The Morgan fingerprint density at radius 1 is 0.923 bits per heavy atom. The summed E-state index contributed by atoms with van der Waals surface area (Å²) in [5.74, 6) is 1.31. The van der Waals surface area contributed by atoms with Crippen molar-refractivity contribution in [3.8, 4) is 0 Å². The first-order valence-electron chi connectivity index (χ1n) is 5.79. The fraction of sp³-hybridized carbons (Fsp3) is 1.00.